The third-order valence-electron chi connectivity index (χ3n) is 3.78. The highest BCUT2D eigenvalue weighted by Crippen LogP contribution is 2.27. The molecule has 0 aliphatic rings. The number of carbonyl (C=O) groups excluding carboxylic acids is 3. The lowest BCUT2D eigenvalue weighted by Crippen LogP contribution is -2.21. The topological polar surface area (TPSA) is 72.5 Å². The monoisotopic (exact) mass is 407 g/mol. The molecule has 0 aliphatic carbocycles. The highest BCUT2D eigenvalue weighted by molar-refractivity contribution is 6.34. The normalized spacial score (nSPS) is 10.4. The van der Waals surface area contributed by atoms with Crippen molar-refractivity contribution >= 4 is 46.5 Å². The summed E-state index contributed by atoms with van der Waals surface area (Å²) in [6, 6.07) is 10.0. The summed E-state index contributed by atoms with van der Waals surface area (Å²) in [5.41, 5.74) is 2.75. The van der Waals surface area contributed by atoms with Crippen LogP contribution in [0, 0.1) is 13.8 Å². The van der Waals surface area contributed by atoms with Crippen molar-refractivity contribution in [2.45, 2.75) is 26.7 Å². The van der Waals surface area contributed by atoms with Gasteiger partial charge < -0.3 is 10.1 Å². The van der Waals surface area contributed by atoms with Crippen LogP contribution in [-0.2, 0) is 14.3 Å². The minimum atomic E-state index is -0.626. The van der Waals surface area contributed by atoms with Crippen molar-refractivity contribution in [2.24, 2.45) is 0 Å². The lowest BCUT2D eigenvalue weighted by atomic mass is 10.1. The molecule has 5 nitrogen and oxygen atoms in total. The van der Waals surface area contributed by atoms with Gasteiger partial charge in [0.05, 0.1) is 17.1 Å². The molecule has 27 heavy (non-hydrogen) atoms. The maximum atomic E-state index is 12.0. The van der Waals surface area contributed by atoms with E-state index >= 15 is 0 Å². The minimum Gasteiger partial charge on any atom is -0.456 e. The Labute approximate surface area is 167 Å². The molecule has 2 aromatic carbocycles. The zero-order valence-corrected chi connectivity index (χ0v) is 16.5. The first kappa shape index (κ1) is 20.9. The highest BCUT2D eigenvalue weighted by atomic mass is 35.5. The third-order valence-corrected chi connectivity index (χ3v) is 4.33. The standard InChI is InChI=1S/C20H19Cl2NO4/c1-12-9-13(2)20(16(22)10-12)23-18(25)11-27-19(26)8-7-17(24)14-3-5-15(21)6-4-14/h3-6,9-10H,7-8,11H2,1-2H3,(H,23,25). The number of anilines is 1. The van der Waals surface area contributed by atoms with Crippen LogP contribution in [0.1, 0.15) is 34.3 Å². The molecule has 0 heterocycles. The van der Waals surface area contributed by atoms with Gasteiger partial charge in [0.2, 0.25) is 0 Å². The number of esters is 1. The van der Waals surface area contributed by atoms with E-state index in [9.17, 15) is 14.4 Å². The SMILES string of the molecule is Cc1cc(C)c(NC(=O)COC(=O)CCC(=O)c2ccc(Cl)cc2)c(Cl)c1. The van der Waals surface area contributed by atoms with Crippen molar-refractivity contribution in [1.82, 2.24) is 0 Å². The molecular weight excluding hydrogens is 389 g/mol. The van der Waals surface area contributed by atoms with E-state index in [1.807, 2.05) is 19.9 Å². The smallest absolute Gasteiger partial charge is 0.306 e. The Morgan fingerprint density at radius 3 is 2.30 bits per heavy atom. The van der Waals surface area contributed by atoms with Gasteiger partial charge in [-0.05, 0) is 55.3 Å². The molecule has 0 bridgehead atoms. The lowest BCUT2D eigenvalue weighted by molar-refractivity contribution is -0.147. The molecule has 0 aliphatic heterocycles. The number of hydrogen-bond donors (Lipinski definition) is 1. The number of benzene rings is 2. The minimum absolute atomic E-state index is 0.00895. The average molecular weight is 408 g/mol. The molecule has 0 saturated carbocycles. The fourth-order valence-corrected chi connectivity index (χ4v) is 2.96. The Morgan fingerprint density at radius 2 is 1.67 bits per heavy atom. The Kier molecular flexibility index (Phi) is 7.39. The van der Waals surface area contributed by atoms with Crippen molar-refractivity contribution in [2.75, 3.05) is 11.9 Å². The number of aryl methyl sites for hydroxylation is 2. The molecule has 0 radical (unpaired) electrons. The molecule has 1 amide bonds. The summed E-state index contributed by atoms with van der Waals surface area (Å²) < 4.78 is 4.92. The van der Waals surface area contributed by atoms with Crippen molar-refractivity contribution in [3.8, 4) is 0 Å². The molecule has 0 unspecified atom stereocenters. The molecule has 0 spiro atoms. The van der Waals surface area contributed by atoms with E-state index < -0.39 is 18.5 Å². The van der Waals surface area contributed by atoms with Crippen LogP contribution in [0.25, 0.3) is 0 Å². The van der Waals surface area contributed by atoms with E-state index in [0.29, 0.717) is 21.3 Å². The van der Waals surface area contributed by atoms with Crippen LogP contribution in [0.3, 0.4) is 0 Å². The van der Waals surface area contributed by atoms with Crippen LogP contribution < -0.4 is 5.32 Å². The summed E-state index contributed by atoms with van der Waals surface area (Å²) in [6.07, 6.45) is -0.121. The summed E-state index contributed by atoms with van der Waals surface area (Å²) in [5, 5.41) is 3.58. The maximum Gasteiger partial charge on any atom is 0.306 e. The van der Waals surface area contributed by atoms with E-state index in [4.69, 9.17) is 27.9 Å². The van der Waals surface area contributed by atoms with Gasteiger partial charge in [0.25, 0.3) is 5.91 Å². The van der Waals surface area contributed by atoms with Gasteiger partial charge in [-0.25, -0.2) is 0 Å². The fraction of sp³-hybridized carbons (Fsp3) is 0.250. The maximum absolute atomic E-state index is 12.0. The second-order valence-electron chi connectivity index (χ2n) is 6.08. The van der Waals surface area contributed by atoms with E-state index in [2.05, 4.69) is 5.32 Å². The summed E-state index contributed by atoms with van der Waals surface area (Å²) in [7, 11) is 0. The molecule has 0 atom stereocenters. The first-order chi connectivity index (χ1) is 12.8. The van der Waals surface area contributed by atoms with Crippen LogP contribution in [0.2, 0.25) is 10.0 Å². The molecule has 2 aromatic rings. The number of amides is 1. The number of halogens is 2. The fourth-order valence-electron chi connectivity index (χ4n) is 2.46. The van der Waals surface area contributed by atoms with Gasteiger partial charge >= 0.3 is 5.97 Å². The first-order valence-corrected chi connectivity index (χ1v) is 9.03. The predicted octanol–water partition coefficient (Wildman–Crippen LogP) is 4.76. The second kappa shape index (κ2) is 9.53. The van der Waals surface area contributed by atoms with E-state index in [-0.39, 0.29) is 18.6 Å². The zero-order valence-electron chi connectivity index (χ0n) is 15.0. The molecular formula is C20H19Cl2NO4. The Balaban J connectivity index is 1.79. The summed E-state index contributed by atoms with van der Waals surface area (Å²) in [5.74, 6) is -1.32. The summed E-state index contributed by atoms with van der Waals surface area (Å²) in [4.78, 5) is 35.7. The van der Waals surface area contributed by atoms with Crippen molar-refractivity contribution in [3.63, 3.8) is 0 Å². The number of ketones is 1. The number of hydrogen-bond acceptors (Lipinski definition) is 4. The second-order valence-corrected chi connectivity index (χ2v) is 6.92. The van der Waals surface area contributed by atoms with Gasteiger partial charge in [0, 0.05) is 17.0 Å². The van der Waals surface area contributed by atoms with Crippen LogP contribution in [0.5, 0.6) is 0 Å². The summed E-state index contributed by atoms with van der Waals surface area (Å²) >= 11 is 11.9. The molecule has 7 heteroatoms. The Morgan fingerprint density at radius 1 is 1.00 bits per heavy atom. The number of Topliss-reactive ketones (excluding diaryl/α,β-unsaturated/α-hetero) is 1. The van der Waals surface area contributed by atoms with E-state index in [0.717, 1.165) is 11.1 Å². The zero-order chi connectivity index (χ0) is 20.0. The summed E-state index contributed by atoms with van der Waals surface area (Å²) in [6.45, 7) is 3.28. The van der Waals surface area contributed by atoms with Crippen LogP contribution in [0.15, 0.2) is 36.4 Å². The lowest BCUT2D eigenvalue weighted by Gasteiger charge is -2.11. The van der Waals surface area contributed by atoms with Crippen LogP contribution in [0.4, 0.5) is 5.69 Å². The quantitative estimate of drug-likeness (QED) is 0.530. The Bertz CT molecular complexity index is 840. The first-order valence-electron chi connectivity index (χ1n) is 8.27. The van der Waals surface area contributed by atoms with Crippen LogP contribution in [-0.4, -0.2) is 24.3 Å². The van der Waals surface area contributed by atoms with Gasteiger partial charge in [-0.2, -0.15) is 0 Å². The van der Waals surface area contributed by atoms with Gasteiger partial charge in [-0.15, -0.1) is 0 Å². The van der Waals surface area contributed by atoms with Crippen molar-refractivity contribution in [1.29, 1.82) is 0 Å². The molecule has 0 aromatic heterocycles. The molecule has 1 N–H and O–H groups in total. The average Bonchev–Trinajstić information content (AvgIpc) is 2.61. The van der Waals surface area contributed by atoms with E-state index in [1.54, 1.807) is 30.3 Å². The van der Waals surface area contributed by atoms with Gasteiger partial charge in [-0.1, -0.05) is 29.3 Å². The number of rotatable bonds is 7. The Hall–Kier alpha value is -2.37. The largest absolute Gasteiger partial charge is 0.456 e. The third kappa shape index (κ3) is 6.38. The molecule has 142 valence electrons. The van der Waals surface area contributed by atoms with Gasteiger partial charge in [-0.3, -0.25) is 14.4 Å². The molecule has 2 rings (SSSR count). The highest BCUT2D eigenvalue weighted by Gasteiger charge is 2.14. The number of ether oxygens (including phenoxy) is 1. The van der Waals surface area contributed by atoms with Crippen molar-refractivity contribution in [3.05, 3.63) is 63.1 Å². The predicted molar refractivity (Wildman–Crippen MR) is 106 cm³/mol. The number of carbonyl (C=O) groups is 3. The van der Waals surface area contributed by atoms with Gasteiger partial charge in [0.15, 0.2) is 12.4 Å². The van der Waals surface area contributed by atoms with Crippen LogP contribution >= 0.6 is 23.2 Å². The van der Waals surface area contributed by atoms with E-state index in [1.165, 1.54) is 0 Å². The van der Waals surface area contributed by atoms with Gasteiger partial charge in [0.1, 0.15) is 0 Å². The molecule has 0 fully saturated rings. The molecule has 0 saturated heterocycles. The number of nitrogens with one attached hydrogen (secondary N) is 1. The van der Waals surface area contributed by atoms with Crippen molar-refractivity contribution < 1.29 is 19.1 Å².